The Morgan fingerprint density at radius 3 is 2.65 bits per heavy atom. The second-order valence-electron chi connectivity index (χ2n) is 5.50. The maximum Gasteiger partial charge on any atom is 0.180 e. The molecule has 2 rings (SSSR count). The van der Waals surface area contributed by atoms with Gasteiger partial charge in [-0.3, -0.25) is 0 Å². The molecule has 0 aliphatic heterocycles. The normalized spacial score (nSPS) is 11.8. The summed E-state index contributed by atoms with van der Waals surface area (Å²) >= 11 is 1.40. The number of phenolic OH excluding ortho intramolecular Hbond substituents is 1. The quantitative estimate of drug-likeness (QED) is 0.376. The summed E-state index contributed by atoms with van der Waals surface area (Å²) in [5, 5.41) is 27.5. The van der Waals surface area contributed by atoms with Crippen LogP contribution in [0.3, 0.4) is 0 Å². The predicted octanol–water partition coefficient (Wildman–Crippen LogP) is 2.79. The topological polar surface area (TPSA) is 94.4 Å². The lowest BCUT2D eigenvalue weighted by molar-refractivity contribution is 0.302. The Labute approximate surface area is 158 Å². The summed E-state index contributed by atoms with van der Waals surface area (Å²) in [4.78, 5) is 1.97. The predicted molar refractivity (Wildman–Crippen MR) is 110 cm³/mol. The van der Waals surface area contributed by atoms with Crippen molar-refractivity contribution in [1.82, 2.24) is 0 Å². The first kappa shape index (κ1) is 19.8. The van der Waals surface area contributed by atoms with Crippen LogP contribution in [0, 0.1) is 0 Å². The van der Waals surface area contributed by atoms with Crippen LogP contribution in [0.25, 0.3) is 0 Å². The maximum absolute atomic E-state index is 10.2. The minimum absolute atomic E-state index is 0.0620. The van der Waals surface area contributed by atoms with Crippen molar-refractivity contribution in [3.8, 4) is 5.75 Å². The molecule has 0 radical (unpaired) electrons. The summed E-state index contributed by atoms with van der Waals surface area (Å²) in [6.45, 7) is 3.31. The Balaban J connectivity index is 1.96. The van der Waals surface area contributed by atoms with Crippen LogP contribution in [0.15, 0.2) is 58.7 Å². The van der Waals surface area contributed by atoms with E-state index in [9.17, 15) is 5.11 Å². The fourth-order valence-electron chi connectivity index (χ4n) is 2.34. The Hall–Kier alpha value is -2.51. The number of nitrogens with two attached hydrogens (primary N) is 1. The number of likely N-dealkylation sites (N-methyl/N-ethyl adjacent to an activating group) is 1. The number of phenols is 1. The lowest BCUT2D eigenvalue weighted by Crippen LogP contribution is -2.26. The van der Waals surface area contributed by atoms with Crippen molar-refractivity contribution in [1.29, 1.82) is 0 Å². The third-order valence-corrected chi connectivity index (χ3v) is 4.57. The molecule has 6 nitrogen and oxygen atoms in total. The first-order chi connectivity index (χ1) is 12.6. The van der Waals surface area contributed by atoms with Gasteiger partial charge >= 0.3 is 0 Å². The second kappa shape index (κ2) is 10.5. The molecule has 0 bridgehead atoms. The van der Waals surface area contributed by atoms with Crippen LogP contribution < -0.4 is 10.6 Å². The monoisotopic (exact) mass is 372 g/mol. The molecular weight excluding hydrogens is 348 g/mol. The fraction of sp³-hybridized carbons (Fsp3) is 0.263. The molecule has 0 amide bonds. The SMILES string of the molecule is CCN(CCO)c1ccc(C=NN=C(N)SCc2ccccc2)c(O)c1. The first-order valence-electron chi connectivity index (χ1n) is 8.36. The summed E-state index contributed by atoms with van der Waals surface area (Å²) < 4.78 is 0. The largest absolute Gasteiger partial charge is 0.507 e. The summed E-state index contributed by atoms with van der Waals surface area (Å²) in [5.41, 5.74) is 8.41. The molecule has 0 spiro atoms. The van der Waals surface area contributed by atoms with E-state index in [1.807, 2.05) is 48.2 Å². The van der Waals surface area contributed by atoms with Gasteiger partial charge in [-0.2, -0.15) is 5.10 Å². The van der Waals surface area contributed by atoms with E-state index < -0.39 is 0 Å². The van der Waals surface area contributed by atoms with Crippen LogP contribution in [-0.4, -0.2) is 41.3 Å². The van der Waals surface area contributed by atoms with Gasteiger partial charge in [-0.05, 0) is 24.6 Å². The van der Waals surface area contributed by atoms with Crippen LogP contribution >= 0.6 is 11.8 Å². The van der Waals surface area contributed by atoms with Crippen molar-refractivity contribution in [3.63, 3.8) is 0 Å². The van der Waals surface area contributed by atoms with E-state index in [2.05, 4.69) is 10.2 Å². The maximum atomic E-state index is 10.2. The molecule has 2 aromatic rings. The number of amidine groups is 1. The molecule has 0 saturated carbocycles. The molecule has 2 aromatic carbocycles. The highest BCUT2D eigenvalue weighted by Gasteiger charge is 2.06. The minimum Gasteiger partial charge on any atom is -0.507 e. The average Bonchev–Trinajstić information content (AvgIpc) is 2.66. The van der Waals surface area contributed by atoms with E-state index in [0.29, 0.717) is 17.3 Å². The zero-order valence-electron chi connectivity index (χ0n) is 14.7. The van der Waals surface area contributed by atoms with Crippen molar-refractivity contribution in [3.05, 3.63) is 59.7 Å². The molecule has 26 heavy (non-hydrogen) atoms. The van der Waals surface area contributed by atoms with Crippen molar-refractivity contribution in [2.75, 3.05) is 24.6 Å². The second-order valence-corrected chi connectivity index (χ2v) is 6.50. The van der Waals surface area contributed by atoms with Crippen LogP contribution in [-0.2, 0) is 5.75 Å². The van der Waals surface area contributed by atoms with Crippen molar-refractivity contribution >= 4 is 28.8 Å². The van der Waals surface area contributed by atoms with Gasteiger partial charge in [0.1, 0.15) is 5.75 Å². The molecule has 0 saturated heterocycles. The van der Waals surface area contributed by atoms with Gasteiger partial charge in [0.15, 0.2) is 5.17 Å². The number of aliphatic hydroxyl groups is 1. The highest BCUT2D eigenvalue weighted by molar-refractivity contribution is 8.13. The van der Waals surface area contributed by atoms with Gasteiger partial charge in [0.25, 0.3) is 0 Å². The molecule has 0 fully saturated rings. The van der Waals surface area contributed by atoms with Gasteiger partial charge in [0.05, 0.1) is 12.8 Å². The van der Waals surface area contributed by atoms with Crippen LogP contribution in [0.2, 0.25) is 0 Å². The minimum atomic E-state index is 0.0620. The van der Waals surface area contributed by atoms with Gasteiger partial charge in [0, 0.05) is 36.2 Å². The molecule has 0 aliphatic carbocycles. The Morgan fingerprint density at radius 1 is 1.23 bits per heavy atom. The number of thioether (sulfide) groups is 1. The number of aromatic hydroxyl groups is 1. The number of rotatable bonds is 8. The lowest BCUT2D eigenvalue weighted by atomic mass is 10.2. The molecule has 7 heteroatoms. The number of anilines is 1. The lowest BCUT2D eigenvalue weighted by Gasteiger charge is -2.22. The van der Waals surface area contributed by atoms with Crippen molar-refractivity contribution in [2.45, 2.75) is 12.7 Å². The molecule has 0 heterocycles. The molecule has 0 aromatic heterocycles. The number of nitrogens with zero attached hydrogens (tertiary/aromatic N) is 3. The van der Waals surface area contributed by atoms with Crippen molar-refractivity contribution < 1.29 is 10.2 Å². The molecule has 0 atom stereocenters. The highest BCUT2D eigenvalue weighted by Crippen LogP contribution is 2.23. The van der Waals surface area contributed by atoms with E-state index >= 15 is 0 Å². The summed E-state index contributed by atoms with van der Waals surface area (Å²) in [6, 6.07) is 15.3. The average molecular weight is 372 g/mol. The van der Waals surface area contributed by atoms with E-state index in [4.69, 9.17) is 10.8 Å². The standard InChI is InChI=1S/C19H24N4O2S/c1-2-23(10-11-24)17-9-8-16(18(25)12-17)13-21-22-19(20)26-14-15-6-4-3-5-7-15/h3-9,12-13,24-25H,2,10-11,14H2,1H3,(H2,20,22). The third kappa shape index (κ3) is 6.09. The summed E-state index contributed by atoms with van der Waals surface area (Å²) in [5.74, 6) is 0.830. The van der Waals surface area contributed by atoms with Gasteiger partial charge in [-0.15, -0.1) is 5.10 Å². The number of hydrogen-bond donors (Lipinski definition) is 3. The number of benzene rings is 2. The van der Waals surface area contributed by atoms with E-state index in [0.717, 1.165) is 23.5 Å². The highest BCUT2D eigenvalue weighted by atomic mass is 32.2. The zero-order chi connectivity index (χ0) is 18.8. The van der Waals surface area contributed by atoms with Gasteiger partial charge in [-0.1, -0.05) is 42.1 Å². The Bertz CT molecular complexity index is 750. The van der Waals surface area contributed by atoms with Crippen LogP contribution in [0.4, 0.5) is 5.69 Å². The fourth-order valence-corrected chi connectivity index (χ4v) is 2.95. The van der Waals surface area contributed by atoms with E-state index in [-0.39, 0.29) is 12.4 Å². The number of hydrogen-bond acceptors (Lipinski definition) is 6. The van der Waals surface area contributed by atoms with E-state index in [1.54, 1.807) is 12.1 Å². The van der Waals surface area contributed by atoms with Crippen molar-refractivity contribution in [2.24, 2.45) is 15.9 Å². The molecular formula is C19H24N4O2S. The van der Waals surface area contributed by atoms with Gasteiger partial charge < -0.3 is 20.8 Å². The van der Waals surface area contributed by atoms with Crippen LogP contribution in [0.5, 0.6) is 5.75 Å². The van der Waals surface area contributed by atoms with E-state index in [1.165, 1.54) is 18.0 Å². The number of aliphatic hydroxyl groups excluding tert-OH is 1. The zero-order valence-corrected chi connectivity index (χ0v) is 15.6. The summed E-state index contributed by atoms with van der Waals surface area (Å²) in [6.07, 6.45) is 1.47. The van der Waals surface area contributed by atoms with Crippen LogP contribution in [0.1, 0.15) is 18.1 Å². The van der Waals surface area contributed by atoms with Gasteiger partial charge in [-0.25, -0.2) is 0 Å². The smallest absolute Gasteiger partial charge is 0.180 e. The molecule has 4 N–H and O–H groups in total. The Kier molecular flexibility index (Phi) is 7.98. The third-order valence-electron chi connectivity index (χ3n) is 3.71. The molecule has 0 aliphatic rings. The molecule has 138 valence electrons. The summed E-state index contributed by atoms with van der Waals surface area (Å²) in [7, 11) is 0. The molecule has 0 unspecified atom stereocenters. The van der Waals surface area contributed by atoms with Gasteiger partial charge in [0.2, 0.25) is 0 Å². The first-order valence-corrected chi connectivity index (χ1v) is 9.34. The Morgan fingerprint density at radius 2 is 2.00 bits per heavy atom.